The van der Waals surface area contributed by atoms with Crippen LogP contribution < -0.4 is 4.74 Å². The summed E-state index contributed by atoms with van der Waals surface area (Å²) in [6.45, 7) is 1.65. The summed E-state index contributed by atoms with van der Waals surface area (Å²) in [5.41, 5.74) is 0.648. The van der Waals surface area contributed by atoms with E-state index < -0.39 is 4.92 Å². The maximum Gasteiger partial charge on any atom is 0.272 e. The van der Waals surface area contributed by atoms with Gasteiger partial charge in [0, 0.05) is 11.6 Å². The second-order valence-corrected chi connectivity index (χ2v) is 2.68. The van der Waals surface area contributed by atoms with Crippen molar-refractivity contribution in [3.05, 3.63) is 33.9 Å². The summed E-state index contributed by atoms with van der Waals surface area (Å²) in [7, 11) is 0. The zero-order valence-corrected chi connectivity index (χ0v) is 7.75. The molecule has 0 unspecified atom stereocenters. The Kier molecular flexibility index (Phi) is 3.08. The van der Waals surface area contributed by atoms with Gasteiger partial charge in [0.2, 0.25) is 0 Å². The van der Waals surface area contributed by atoms with Gasteiger partial charge in [0.05, 0.1) is 4.92 Å². The number of nitro benzene ring substituents is 1. The van der Waals surface area contributed by atoms with E-state index in [-0.39, 0.29) is 11.8 Å². The molecule has 0 aliphatic rings. The van der Waals surface area contributed by atoms with Gasteiger partial charge in [-0.2, -0.15) is 0 Å². The van der Waals surface area contributed by atoms with E-state index in [0.29, 0.717) is 11.3 Å². The van der Waals surface area contributed by atoms with Gasteiger partial charge in [-0.15, -0.1) is 0 Å². The summed E-state index contributed by atoms with van der Waals surface area (Å²) in [4.78, 5) is 10.00. The minimum atomic E-state index is -0.431. The fraction of sp³-hybridized carbons (Fsp3) is 0.250. The van der Waals surface area contributed by atoms with E-state index in [1.165, 1.54) is 12.1 Å². The number of hydrogen-bond donors (Lipinski definition) is 0. The van der Waals surface area contributed by atoms with Gasteiger partial charge in [-0.3, -0.25) is 10.1 Å². The molecule has 1 aromatic rings. The van der Waals surface area contributed by atoms with Crippen LogP contribution in [-0.2, 0) is 0 Å². The molecule has 0 aliphatic heterocycles. The Balaban J connectivity index is 2.98. The van der Waals surface area contributed by atoms with Gasteiger partial charge in [-0.05, 0) is 19.1 Å². The standard InChI is InChI=1S/C8H8ClNO3/c1-6-4-7(13-5-9)2-3-8(6)10(11)12/h2-4H,5H2,1H3. The van der Waals surface area contributed by atoms with Crippen molar-refractivity contribution in [2.45, 2.75) is 6.92 Å². The molecule has 0 N–H and O–H groups in total. The van der Waals surface area contributed by atoms with Gasteiger partial charge in [0.15, 0.2) is 6.07 Å². The molecule has 0 bridgehead atoms. The lowest BCUT2D eigenvalue weighted by Gasteiger charge is -2.02. The number of benzene rings is 1. The van der Waals surface area contributed by atoms with Crippen LogP contribution in [0.5, 0.6) is 5.75 Å². The predicted octanol–water partition coefficient (Wildman–Crippen LogP) is 2.48. The number of hydrogen-bond acceptors (Lipinski definition) is 3. The molecule has 70 valence electrons. The van der Waals surface area contributed by atoms with Crippen molar-refractivity contribution in [3.8, 4) is 5.75 Å². The summed E-state index contributed by atoms with van der Waals surface area (Å²) < 4.78 is 4.96. The van der Waals surface area contributed by atoms with Crippen LogP contribution in [0, 0.1) is 17.0 Å². The van der Waals surface area contributed by atoms with E-state index in [4.69, 9.17) is 16.3 Å². The van der Waals surface area contributed by atoms with Gasteiger partial charge in [0.1, 0.15) is 5.75 Å². The average molecular weight is 202 g/mol. The number of aryl methyl sites for hydroxylation is 1. The number of rotatable bonds is 3. The van der Waals surface area contributed by atoms with Gasteiger partial charge in [0.25, 0.3) is 5.69 Å². The topological polar surface area (TPSA) is 52.4 Å². The lowest BCUT2D eigenvalue weighted by molar-refractivity contribution is -0.385. The summed E-state index contributed by atoms with van der Waals surface area (Å²) in [5, 5.41) is 10.4. The molecule has 0 spiro atoms. The number of nitro groups is 1. The van der Waals surface area contributed by atoms with E-state index in [9.17, 15) is 10.1 Å². The zero-order chi connectivity index (χ0) is 9.84. The van der Waals surface area contributed by atoms with Crippen molar-refractivity contribution in [1.82, 2.24) is 0 Å². The van der Waals surface area contributed by atoms with E-state index in [1.54, 1.807) is 13.0 Å². The molecule has 1 rings (SSSR count). The average Bonchev–Trinajstić information content (AvgIpc) is 2.04. The first-order valence-electron chi connectivity index (χ1n) is 3.59. The highest BCUT2D eigenvalue weighted by Gasteiger charge is 2.09. The molecule has 0 fully saturated rings. The van der Waals surface area contributed by atoms with Crippen LogP contribution in [0.3, 0.4) is 0 Å². The monoisotopic (exact) mass is 201 g/mol. The lowest BCUT2D eigenvalue weighted by Crippen LogP contribution is -1.94. The van der Waals surface area contributed by atoms with Crippen LogP contribution in [0.15, 0.2) is 18.2 Å². The van der Waals surface area contributed by atoms with E-state index in [2.05, 4.69) is 0 Å². The molecule has 0 heterocycles. The van der Waals surface area contributed by atoms with Gasteiger partial charge in [-0.1, -0.05) is 11.6 Å². The van der Waals surface area contributed by atoms with Gasteiger partial charge < -0.3 is 4.74 Å². The molecular formula is C8H8ClNO3. The molecular weight excluding hydrogens is 194 g/mol. The molecule has 0 aromatic heterocycles. The highest BCUT2D eigenvalue weighted by atomic mass is 35.5. The normalized spacial score (nSPS) is 9.69. The number of ether oxygens (including phenoxy) is 1. The number of nitrogens with zero attached hydrogens (tertiary/aromatic N) is 1. The maximum atomic E-state index is 10.4. The summed E-state index contributed by atoms with van der Waals surface area (Å²) in [5.74, 6) is 0.540. The molecule has 0 radical (unpaired) electrons. The molecule has 0 atom stereocenters. The van der Waals surface area contributed by atoms with Gasteiger partial charge in [-0.25, -0.2) is 0 Å². The first-order valence-corrected chi connectivity index (χ1v) is 4.12. The smallest absolute Gasteiger partial charge is 0.272 e. The fourth-order valence-electron chi connectivity index (χ4n) is 0.986. The number of alkyl halides is 1. The van der Waals surface area contributed by atoms with Gasteiger partial charge >= 0.3 is 0 Å². The minimum Gasteiger partial charge on any atom is -0.478 e. The molecule has 5 heteroatoms. The van der Waals surface area contributed by atoms with Crippen LogP contribution in [-0.4, -0.2) is 11.0 Å². The van der Waals surface area contributed by atoms with Crippen LogP contribution in [0.1, 0.15) is 5.56 Å². The molecule has 0 saturated heterocycles. The second-order valence-electron chi connectivity index (χ2n) is 2.46. The highest BCUT2D eigenvalue weighted by Crippen LogP contribution is 2.22. The Morgan fingerprint density at radius 2 is 2.31 bits per heavy atom. The molecule has 0 amide bonds. The molecule has 4 nitrogen and oxygen atoms in total. The summed E-state index contributed by atoms with van der Waals surface area (Å²) in [6.07, 6.45) is 0. The number of halogens is 1. The van der Waals surface area contributed by atoms with E-state index in [1.807, 2.05) is 0 Å². The Labute approximate surface area is 80.2 Å². The first kappa shape index (κ1) is 9.80. The van der Waals surface area contributed by atoms with Crippen molar-refractivity contribution < 1.29 is 9.66 Å². The Hall–Kier alpha value is -1.29. The Bertz CT molecular complexity index is 327. The first-order chi connectivity index (χ1) is 6.15. The third-order valence-corrected chi connectivity index (χ3v) is 1.70. The van der Waals surface area contributed by atoms with E-state index >= 15 is 0 Å². The summed E-state index contributed by atoms with van der Waals surface area (Å²) >= 11 is 5.33. The van der Waals surface area contributed by atoms with Crippen LogP contribution >= 0.6 is 11.6 Å². The maximum absolute atomic E-state index is 10.4. The zero-order valence-electron chi connectivity index (χ0n) is 6.99. The largest absolute Gasteiger partial charge is 0.478 e. The second kappa shape index (κ2) is 4.09. The molecule has 13 heavy (non-hydrogen) atoms. The Morgan fingerprint density at radius 1 is 1.62 bits per heavy atom. The molecule has 0 saturated carbocycles. The van der Waals surface area contributed by atoms with Crippen LogP contribution in [0.25, 0.3) is 0 Å². The lowest BCUT2D eigenvalue weighted by atomic mass is 10.2. The van der Waals surface area contributed by atoms with Crippen molar-refractivity contribution in [2.24, 2.45) is 0 Å². The van der Waals surface area contributed by atoms with Crippen molar-refractivity contribution in [3.63, 3.8) is 0 Å². The van der Waals surface area contributed by atoms with Crippen molar-refractivity contribution in [2.75, 3.05) is 6.07 Å². The Morgan fingerprint density at radius 3 is 2.77 bits per heavy atom. The summed E-state index contributed by atoms with van der Waals surface area (Å²) in [6, 6.07) is 4.54. The van der Waals surface area contributed by atoms with Crippen LogP contribution in [0.2, 0.25) is 0 Å². The van der Waals surface area contributed by atoms with E-state index in [0.717, 1.165) is 0 Å². The van der Waals surface area contributed by atoms with Crippen LogP contribution in [0.4, 0.5) is 5.69 Å². The predicted molar refractivity (Wildman–Crippen MR) is 49.2 cm³/mol. The van der Waals surface area contributed by atoms with Crippen molar-refractivity contribution in [1.29, 1.82) is 0 Å². The molecule has 1 aromatic carbocycles. The molecule has 0 aliphatic carbocycles. The third kappa shape index (κ3) is 2.32. The minimum absolute atomic E-state index is 0.0389. The fourth-order valence-corrected chi connectivity index (χ4v) is 1.11. The quantitative estimate of drug-likeness (QED) is 0.429. The highest BCUT2D eigenvalue weighted by molar-refractivity contribution is 6.17. The third-order valence-electron chi connectivity index (χ3n) is 1.59. The van der Waals surface area contributed by atoms with Crippen molar-refractivity contribution >= 4 is 17.3 Å². The SMILES string of the molecule is Cc1cc(OCCl)ccc1[N+](=O)[O-].